The van der Waals surface area contributed by atoms with Crippen molar-refractivity contribution in [1.82, 2.24) is 24.8 Å². The molecule has 1 saturated heterocycles. The molecule has 0 saturated carbocycles. The summed E-state index contributed by atoms with van der Waals surface area (Å²) in [6, 6.07) is 8.98. The molecule has 1 fully saturated rings. The second-order valence-corrected chi connectivity index (χ2v) is 7.06. The molecule has 1 aliphatic heterocycles. The normalized spacial score (nSPS) is 13.9. The van der Waals surface area contributed by atoms with Crippen molar-refractivity contribution in [1.29, 1.82) is 0 Å². The summed E-state index contributed by atoms with van der Waals surface area (Å²) in [6.07, 6.45) is 3.29. The zero-order chi connectivity index (χ0) is 20.1. The van der Waals surface area contributed by atoms with Crippen LogP contribution < -0.4 is 15.5 Å². The van der Waals surface area contributed by atoms with Crippen LogP contribution in [-0.2, 0) is 6.54 Å². The predicted octanol–water partition coefficient (Wildman–Crippen LogP) is 1.81. The standard InChI is InChI=1S/C18H19N7O3S/c26-16(20-12-13-4-3-11-28-13)15-17(29-23-22-15)21-18(27)25-9-7-24(8-10-25)14-5-1-2-6-19-14/h1-6,11H,7-10,12H2,(H,20,26)(H,21,27). The Balaban J connectivity index is 1.31. The number of furan rings is 1. The highest BCUT2D eigenvalue weighted by Gasteiger charge is 2.24. The summed E-state index contributed by atoms with van der Waals surface area (Å²) in [5, 5.41) is 9.61. The van der Waals surface area contributed by atoms with Crippen LogP contribution in [0.5, 0.6) is 0 Å². The largest absolute Gasteiger partial charge is 0.467 e. The lowest BCUT2D eigenvalue weighted by Gasteiger charge is -2.35. The van der Waals surface area contributed by atoms with Gasteiger partial charge in [0, 0.05) is 43.9 Å². The molecule has 11 heteroatoms. The lowest BCUT2D eigenvalue weighted by Crippen LogP contribution is -2.50. The zero-order valence-corrected chi connectivity index (χ0v) is 16.3. The van der Waals surface area contributed by atoms with Crippen LogP contribution in [0.4, 0.5) is 15.6 Å². The Kier molecular flexibility index (Phi) is 5.66. The van der Waals surface area contributed by atoms with Crippen LogP contribution in [0.25, 0.3) is 0 Å². The fourth-order valence-corrected chi connectivity index (χ4v) is 3.50. The molecule has 0 radical (unpaired) electrons. The van der Waals surface area contributed by atoms with Crippen molar-refractivity contribution in [3.8, 4) is 0 Å². The van der Waals surface area contributed by atoms with E-state index in [1.165, 1.54) is 6.26 Å². The molecule has 150 valence electrons. The van der Waals surface area contributed by atoms with Gasteiger partial charge >= 0.3 is 6.03 Å². The van der Waals surface area contributed by atoms with Gasteiger partial charge in [-0.3, -0.25) is 10.1 Å². The number of piperazine rings is 1. The molecule has 3 aromatic rings. The summed E-state index contributed by atoms with van der Waals surface area (Å²) >= 11 is 0.967. The Morgan fingerprint density at radius 3 is 2.72 bits per heavy atom. The predicted molar refractivity (Wildman–Crippen MR) is 107 cm³/mol. The molecule has 2 N–H and O–H groups in total. The molecule has 0 spiro atoms. The monoisotopic (exact) mass is 413 g/mol. The van der Waals surface area contributed by atoms with Gasteiger partial charge in [0.15, 0.2) is 10.7 Å². The number of rotatable bonds is 5. The number of nitrogens with one attached hydrogen (secondary N) is 2. The number of urea groups is 1. The van der Waals surface area contributed by atoms with Crippen molar-refractivity contribution in [2.24, 2.45) is 0 Å². The molecule has 10 nitrogen and oxygen atoms in total. The number of anilines is 2. The van der Waals surface area contributed by atoms with E-state index < -0.39 is 5.91 Å². The minimum atomic E-state index is -0.426. The van der Waals surface area contributed by atoms with E-state index in [9.17, 15) is 9.59 Å². The smallest absolute Gasteiger partial charge is 0.322 e. The second-order valence-electron chi connectivity index (χ2n) is 6.30. The first kappa shape index (κ1) is 18.9. The van der Waals surface area contributed by atoms with Gasteiger partial charge in [0.25, 0.3) is 5.91 Å². The van der Waals surface area contributed by atoms with Crippen molar-refractivity contribution < 1.29 is 14.0 Å². The first-order valence-corrected chi connectivity index (χ1v) is 9.83. The van der Waals surface area contributed by atoms with Crippen LogP contribution in [0.15, 0.2) is 47.2 Å². The molecule has 0 aromatic carbocycles. The number of carbonyl (C=O) groups is 2. The summed E-state index contributed by atoms with van der Waals surface area (Å²) < 4.78 is 8.98. The minimum Gasteiger partial charge on any atom is -0.467 e. The molecule has 0 bridgehead atoms. The van der Waals surface area contributed by atoms with Gasteiger partial charge in [-0.05, 0) is 24.3 Å². The Bertz CT molecular complexity index is 953. The van der Waals surface area contributed by atoms with Gasteiger partial charge in [-0.25, -0.2) is 9.78 Å². The fourth-order valence-electron chi connectivity index (χ4n) is 2.94. The Hall–Kier alpha value is -3.47. The van der Waals surface area contributed by atoms with E-state index in [1.807, 2.05) is 18.2 Å². The third kappa shape index (κ3) is 4.51. The molecular weight excluding hydrogens is 394 g/mol. The highest BCUT2D eigenvalue weighted by atomic mass is 32.1. The molecule has 0 atom stereocenters. The average Bonchev–Trinajstić information content (AvgIpc) is 3.45. The van der Waals surface area contributed by atoms with E-state index in [4.69, 9.17) is 4.42 Å². The number of nitrogens with zero attached hydrogens (tertiary/aromatic N) is 5. The van der Waals surface area contributed by atoms with Crippen molar-refractivity contribution >= 4 is 34.3 Å². The summed E-state index contributed by atoms with van der Waals surface area (Å²) in [7, 11) is 0. The number of hydrogen-bond donors (Lipinski definition) is 2. The highest BCUT2D eigenvalue weighted by Crippen LogP contribution is 2.19. The SMILES string of the molecule is O=C(NCc1ccco1)c1nnsc1NC(=O)N1CCN(c2ccccn2)CC1. The van der Waals surface area contributed by atoms with Crippen molar-refractivity contribution in [3.63, 3.8) is 0 Å². The zero-order valence-electron chi connectivity index (χ0n) is 15.4. The molecule has 0 unspecified atom stereocenters. The van der Waals surface area contributed by atoms with Gasteiger partial charge in [-0.2, -0.15) is 0 Å². The van der Waals surface area contributed by atoms with Crippen LogP contribution in [0, 0.1) is 0 Å². The Morgan fingerprint density at radius 2 is 2.00 bits per heavy atom. The van der Waals surface area contributed by atoms with Crippen molar-refractivity contribution in [3.05, 3.63) is 54.2 Å². The van der Waals surface area contributed by atoms with Gasteiger partial charge < -0.3 is 19.5 Å². The first-order chi connectivity index (χ1) is 14.2. The summed E-state index contributed by atoms with van der Waals surface area (Å²) in [5.41, 5.74) is 0.0852. The van der Waals surface area contributed by atoms with Crippen LogP contribution in [-0.4, -0.2) is 57.6 Å². The van der Waals surface area contributed by atoms with Gasteiger partial charge in [0.2, 0.25) is 0 Å². The quantitative estimate of drug-likeness (QED) is 0.655. The molecule has 4 rings (SSSR count). The number of pyridine rings is 1. The van der Waals surface area contributed by atoms with E-state index >= 15 is 0 Å². The van der Waals surface area contributed by atoms with Gasteiger partial charge in [-0.1, -0.05) is 10.6 Å². The third-order valence-electron chi connectivity index (χ3n) is 4.47. The van der Waals surface area contributed by atoms with E-state index in [-0.39, 0.29) is 18.3 Å². The van der Waals surface area contributed by atoms with Gasteiger partial charge in [-0.15, -0.1) is 5.10 Å². The summed E-state index contributed by atoms with van der Waals surface area (Å²) in [6.45, 7) is 2.69. The van der Waals surface area contributed by atoms with Crippen LogP contribution >= 0.6 is 11.5 Å². The summed E-state index contributed by atoms with van der Waals surface area (Å²) in [4.78, 5) is 33.1. The Labute approximate surface area is 170 Å². The van der Waals surface area contributed by atoms with Gasteiger partial charge in [0.05, 0.1) is 12.8 Å². The van der Waals surface area contributed by atoms with Crippen LogP contribution in [0.1, 0.15) is 16.2 Å². The lowest BCUT2D eigenvalue weighted by molar-refractivity contribution is 0.0944. The summed E-state index contributed by atoms with van der Waals surface area (Å²) in [5.74, 6) is 1.10. The topological polar surface area (TPSA) is 116 Å². The Morgan fingerprint density at radius 1 is 1.14 bits per heavy atom. The molecule has 1 aliphatic rings. The van der Waals surface area contributed by atoms with E-state index in [2.05, 4.69) is 30.1 Å². The van der Waals surface area contributed by atoms with Crippen molar-refractivity contribution in [2.75, 3.05) is 36.4 Å². The fraction of sp³-hybridized carbons (Fsp3) is 0.278. The third-order valence-corrected chi connectivity index (χ3v) is 5.11. The maximum atomic E-state index is 12.6. The maximum Gasteiger partial charge on any atom is 0.322 e. The molecule has 29 heavy (non-hydrogen) atoms. The molecule has 3 aromatic heterocycles. The van der Waals surface area contributed by atoms with E-state index in [0.717, 1.165) is 17.4 Å². The van der Waals surface area contributed by atoms with Crippen LogP contribution in [0.2, 0.25) is 0 Å². The molecular formula is C18H19N7O3S. The van der Waals surface area contributed by atoms with Gasteiger partial charge in [0.1, 0.15) is 11.6 Å². The number of amides is 3. The molecule has 0 aliphatic carbocycles. The average molecular weight is 413 g/mol. The maximum absolute atomic E-state index is 12.6. The molecule has 3 amide bonds. The highest BCUT2D eigenvalue weighted by molar-refractivity contribution is 7.10. The first-order valence-electron chi connectivity index (χ1n) is 9.05. The number of hydrogen-bond acceptors (Lipinski definition) is 8. The molecule has 4 heterocycles. The number of carbonyl (C=O) groups excluding carboxylic acids is 2. The van der Waals surface area contributed by atoms with E-state index in [0.29, 0.717) is 36.9 Å². The minimum absolute atomic E-state index is 0.0852. The van der Waals surface area contributed by atoms with E-state index in [1.54, 1.807) is 23.2 Å². The van der Waals surface area contributed by atoms with Crippen LogP contribution in [0.3, 0.4) is 0 Å². The second kappa shape index (κ2) is 8.69. The lowest BCUT2D eigenvalue weighted by atomic mass is 10.3. The van der Waals surface area contributed by atoms with Crippen molar-refractivity contribution in [2.45, 2.75) is 6.54 Å². The number of aromatic nitrogens is 3.